The largest absolute Gasteiger partial charge is 0.497 e. The molecule has 1 aromatic rings. The Morgan fingerprint density at radius 3 is 2.82 bits per heavy atom. The van der Waals surface area contributed by atoms with Gasteiger partial charge in [0.05, 0.1) is 7.11 Å². The molecule has 0 amide bonds. The molecule has 0 radical (unpaired) electrons. The quantitative estimate of drug-likeness (QED) is 0.789. The first-order valence-electron chi connectivity index (χ1n) is 6.38. The summed E-state index contributed by atoms with van der Waals surface area (Å²) in [4.78, 5) is 0. The van der Waals surface area contributed by atoms with Gasteiger partial charge in [-0.15, -0.1) is 0 Å². The highest BCUT2D eigenvalue weighted by atomic mass is 16.5. The van der Waals surface area contributed by atoms with E-state index in [1.807, 2.05) is 18.2 Å². The van der Waals surface area contributed by atoms with Gasteiger partial charge in [-0.3, -0.25) is 0 Å². The molecule has 1 aromatic carbocycles. The van der Waals surface area contributed by atoms with Gasteiger partial charge in [0, 0.05) is 29.5 Å². The zero-order chi connectivity index (χ0) is 12.3. The Labute approximate surface area is 103 Å². The highest BCUT2D eigenvalue weighted by molar-refractivity contribution is 5.59. The van der Waals surface area contributed by atoms with E-state index in [2.05, 4.69) is 12.2 Å². The minimum Gasteiger partial charge on any atom is -0.497 e. The van der Waals surface area contributed by atoms with E-state index in [1.54, 1.807) is 7.11 Å². The van der Waals surface area contributed by atoms with Crippen LogP contribution in [-0.2, 0) is 0 Å². The highest BCUT2D eigenvalue weighted by Crippen LogP contribution is 2.28. The predicted octanol–water partition coefficient (Wildman–Crippen LogP) is 3.27. The molecule has 1 saturated carbocycles. The maximum atomic E-state index is 5.85. The van der Waals surface area contributed by atoms with Gasteiger partial charge in [0.25, 0.3) is 0 Å². The maximum absolute atomic E-state index is 5.85. The number of benzene rings is 1. The summed E-state index contributed by atoms with van der Waals surface area (Å²) in [5.74, 6) is 1.64. The molecule has 0 heterocycles. The van der Waals surface area contributed by atoms with E-state index >= 15 is 0 Å². The molecule has 0 bridgehead atoms. The summed E-state index contributed by atoms with van der Waals surface area (Å²) in [6.45, 7) is 2.33. The average Bonchev–Trinajstić information content (AvgIpc) is 2.28. The lowest BCUT2D eigenvalue weighted by Gasteiger charge is -2.28. The summed E-state index contributed by atoms with van der Waals surface area (Å²) in [6, 6.07) is 6.40. The van der Waals surface area contributed by atoms with Gasteiger partial charge in [-0.05, 0) is 24.8 Å². The molecule has 2 rings (SSSR count). The van der Waals surface area contributed by atoms with E-state index in [0.29, 0.717) is 6.04 Å². The SMILES string of the molecule is COc1cc(N)cc(NC2CCCC(C)C2)c1. The van der Waals surface area contributed by atoms with Gasteiger partial charge in [0.1, 0.15) is 5.75 Å². The minimum absolute atomic E-state index is 0.574. The third-order valence-corrected chi connectivity index (χ3v) is 3.47. The van der Waals surface area contributed by atoms with Crippen molar-refractivity contribution < 1.29 is 4.74 Å². The number of rotatable bonds is 3. The van der Waals surface area contributed by atoms with Gasteiger partial charge in [-0.25, -0.2) is 0 Å². The monoisotopic (exact) mass is 234 g/mol. The minimum atomic E-state index is 0.574. The summed E-state index contributed by atoms with van der Waals surface area (Å²) in [5.41, 5.74) is 7.66. The van der Waals surface area contributed by atoms with Crippen LogP contribution in [0.25, 0.3) is 0 Å². The summed E-state index contributed by atoms with van der Waals surface area (Å²) >= 11 is 0. The van der Waals surface area contributed by atoms with Gasteiger partial charge >= 0.3 is 0 Å². The molecule has 0 aliphatic heterocycles. The van der Waals surface area contributed by atoms with Crippen LogP contribution in [0.5, 0.6) is 5.75 Å². The van der Waals surface area contributed by atoms with Gasteiger partial charge in [-0.2, -0.15) is 0 Å². The molecule has 17 heavy (non-hydrogen) atoms. The second-order valence-corrected chi connectivity index (χ2v) is 5.11. The summed E-state index contributed by atoms with van der Waals surface area (Å²) in [6.07, 6.45) is 5.18. The normalized spacial score (nSPS) is 24.4. The molecule has 2 atom stereocenters. The van der Waals surface area contributed by atoms with Crippen molar-refractivity contribution in [1.82, 2.24) is 0 Å². The predicted molar refractivity (Wildman–Crippen MR) is 72.4 cm³/mol. The molecule has 1 aliphatic rings. The zero-order valence-corrected chi connectivity index (χ0v) is 10.7. The fourth-order valence-electron chi connectivity index (χ4n) is 2.62. The number of hydrogen-bond donors (Lipinski definition) is 2. The van der Waals surface area contributed by atoms with Crippen molar-refractivity contribution in [2.45, 2.75) is 38.6 Å². The van der Waals surface area contributed by atoms with E-state index in [-0.39, 0.29) is 0 Å². The van der Waals surface area contributed by atoms with Crippen molar-refractivity contribution in [2.24, 2.45) is 5.92 Å². The van der Waals surface area contributed by atoms with Crippen molar-refractivity contribution in [2.75, 3.05) is 18.2 Å². The fourth-order valence-corrected chi connectivity index (χ4v) is 2.62. The van der Waals surface area contributed by atoms with Gasteiger partial charge in [-0.1, -0.05) is 19.8 Å². The maximum Gasteiger partial charge on any atom is 0.122 e. The molecule has 0 saturated heterocycles. The fraction of sp³-hybridized carbons (Fsp3) is 0.571. The average molecular weight is 234 g/mol. The third kappa shape index (κ3) is 3.29. The molecule has 0 aromatic heterocycles. The summed E-state index contributed by atoms with van der Waals surface area (Å²) < 4.78 is 5.23. The van der Waals surface area contributed by atoms with Crippen molar-refractivity contribution in [1.29, 1.82) is 0 Å². The first kappa shape index (κ1) is 12.1. The summed E-state index contributed by atoms with van der Waals surface area (Å²) in [5, 5.41) is 3.57. The van der Waals surface area contributed by atoms with Gasteiger partial charge in [0.15, 0.2) is 0 Å². The third-order valence-electron chi connectivity index (χ3n) is 3.47. The molecular weight excluding hydrogens is 212 g/mol. The van der Waals surface area contributed by atoms with Crippen LogP contribution >= 0.6 is 0 Å². The van der Waals surface area contributed by atoms with E-state index in [4.69, 9.17) is 10.5 Å². The molecule has 3 heteroatoms. The Kier molecular flexibility index (Phi) is 3.77. The Balaban J connectivity index is 2.04. The first-order valence-corrected chi connectivity index (χ1v) is 6.38. The van der Waals surface area contributed by atoms with Gasteiger partial charge < -0.3 is 15.8 Å². The first-order chi connectivity index (χ1) is 8.17. The van der Waals surface area contributed by atoms with Crippen LogP contribution in [0.2, 0.25) is 0 Å². The van der Waals surface area contributed by atoms with Crippen LogP contribution in [0.1, 0.15) is 32.6 Å². The number of anilines is 2. The van der Waals surface area contributed by atoms with E-state index in [9.17, 15) is 0 Å². The van der Waals surface area contributed by atoms with Crippen LogP contribution in [0.15, 0.2) is 18.2 Å². The van der Waals surface area contributed by atoms with Crippen molar-refractivity contribution in [3.63, 3.8) is 0 Å². The topological polar surface area (TPSA) is 47.3 Å². The van der Waals surface area contributed by atoms with Crippen LogP contribution in [0, 0.1) is 5.92 Å². The molecule has 2 unspecified atom stereocenters. The van der Waals surface area contributed by atoms with Gasteiger partial charge in [0.2, 0.25) is 0 Å². The number of methoxy groups -OCH3 is 1. The highest BCUT2D eigenvalue weighted by Gasteiger charge is 2.18. The Bertz CT molecular complexity index is 378. The second-order valence-electron chi connectivity index (χ2n) is 5.11. The Morgan fingerprint density at radius 2 is 2.12 bits per heavy atom. The van der Waals surface area contributed by atoms with Crippen LogP contribution in [0.4, 0.5) is 11.4 Å². The number of nitrogens with two attached hydrogens (primary N) is 1. The van der Waals surface area contributed by atoms with Crippen molar-refractivity contribution >= 4 is 11.4 Å². The molecule has 1 aliphatic carbocycles. The smallest absolute Gasteiger partial charge is 0.122 e. The van der Waals surface area contributed by atoms with Crippen LogP contribution in [0.3, 0.4) is 0 Å². The van der Waals surface area contributed by atoms with Crippen LogP contribution < -0.4 is 15.8 Å². The zero-order valence-electron chi connectivity index (χ0n) is 10.7. The van der Waals surface area contributed by atoms with Crippen LogP contribution in [-0.4, -0.2) is 13.2 Å². The Hall–Kier alpha value is -1.38. The standard InChI is InChI=1S/C14H22N2O/c1-10-4-3-5-12(6-10)16-13-7-11(15)8-14(9-13)17-2/h7-10,12,16H,3-6,15H2,1-2H3. The van der Waals surface area contributed by atoms with E-state index in [1.165, 1.54) is 25.7 Å². The van der Waals surface area contributed by atoms with Crippen molar-refractivity contribution in [3.05, 3.63) is 18.2 Å². The number of ether oxygens (including phenoxy) is 1. The molecule has 3 N–H and O–H groups in total. The molecule has 1 fully saturated rings. The molecule has 0 spiro atoms. The Morgan fingerprint density at radius 1 is 1.29 bits per heavy atom. The summed E-state index contributed by atoms with van der Waals surface area (Å²) in [7, 11) is 1.67. The molecular formula is C14H22N2O. The lowest BCUT2D eigenvalue weighted by Crippen LogP contribution is -2.26. The molecule has 3 nitrogen and oxygen atoms in total. The lowest BCUT2D eigenvalue weighted by molar-refractivity contribution is 0.358. The number of nitrogens with one attached hydrogen (secondary N) is 1. The number of hydrogen-bond acceptors (Lipinski definition) is 3. The second kappa shape index (κ2) is 5.30. The van der Waals surface area contributed by atoms with E-state index < -0.39 is 0 Å². The number of nitrogen functional groups attached to an aromatic ring is 1. The van der Waals surface area contributed by atoms with E-state index in [0.717, 1.165) is 23.0 Å². The lowest BCUT2D eigenvalue weighted by atomic mass is 9.87. The molecule has 94 valence electrons. The van der Waals surface area contributed by atoms with Crippen molar-refractivity contribution in [3.8, 4) is 5.75 Å².